The Morgan fingerprint density at radius 3 is 2.83 bits per heavy atom. The molecular weight excluding hydrogens is 320 g/mol. The molecule has 7 nitrogen and oxygen atoms in total. The van der Waals surface area contributed by atoms with E-state index in [1.54, 1.807) is 12.1 Å². The van der Waals surface area contributed by atoms with Crippen LogP contribution in [0.1, 0.15) is 31.5 Å². The number of aromatic nitrogens is 2. The standard InChI is InChI=1S/C15H16N4O3.ClH/c16-15(6-1-2-7-15)14-18-13(22-19-14)9-4-3-5-10-12(9)21-8-11(20)17-10;/h3-5H,1-2,6-8,16H2,(H,17,20);1H. The summed E-state index contributed by atoms with van der Waals surface area (Å²) in [5.74, 6) is 1.27. The number of para-hydroxylation sites is 1. The van der Waals surface area contributed by atoms with Crippen molar-refractivity contribution in [1.82, 2.24) is 10.1 Å². The number of ether oxygens (including phenoxy) is 1. The molecule has 0 unspecified atom stereocenters. The number of nitrogens with zero attached hydrogens (tertiary/aromatic N) is 2. The first-order chi connectivity index (χ1) is 10.7. The van der Waals surface area contributed by atoms with Crippen LogP contribution in [0.4, 0.5) is 5.69 Å². The largest absolute Gasteiger partial charge is 0.481 e. The lowest BCUT2D eigenvalue weighted by molar-refractivity contribution is -0.118. The molecule has 1 aliphatic heterocycles. The topological polar surface area (TPSA) is 103 Å². The molecule has 4 rings (SSSR count). The quantitative estimate of drug-likeness (QED) is 0.871. The third-order valence-electron chi connectivity index (χ3n) is 4.23. The third kappa shape index (κ3) is 2.66. The smallest absolute Gasteiger partial charge is 0.262 e. The predicted octanol–water partition coefficient (Wildman–Crippen LogP) is 2.22. The first kappa shape index (κ1) is 15.8. The maximum Gasteiger partial charge on any atom is 0.262 e. The maximum absolute atomic E-state index is 11.4. The molecule has 0 radical (unpaired) electrons. The molecule has 0 bridgehead atoms. The van der Waals surface area contributed by atoms with E-state index in [2.05, 4.69) is 15.5 Å². The summed E-state index contributed by atoms with van der Waals surface area (Å²) in [5, 5.41) is 6.82. The lowest BCUT2D eigenvalue weighted by Gasteiger charge is -2.19. The van der Waals surface area contributed by atoms with Crippen molar-refractivity contribution in [3.05, 3.63) is 24.0 Å². The van der Waals surface area contributed by atoms with Crippen molar-refractivity contribution in [2.45, 2.75) is 31.2 Å². The van der Waals surface area contributed by atoms with Gasteiger partial charge in [0.1, 0.15) is 0 Å². The van der Waals surface area contributed by atoms with Gasteiger partial charge in [0, 0.05) is 0 Å². The Hall–Kier alpha value is -2.12. The van der Waals surface area contributed by atoms with Crippen LogP contribution in [0.2, 0.25) is 0 Å². The van der Waals surface area contributed by atoms with Crippen LogP contribution < -0.4 is 15.8 Å². The molecule has 1 saturated carbocycles. The van der Waals surface area contributed by atoms with Crippen LogP contribution in [0.25, 0.3) is 11.5 Å². The van der Waals surface area contributed by atoms with Gasteiger partial charge >= 0.3 is 0 Å². The highest BCUT2D eigenvalue weighted by atomic mass is 35.5. The highest BCUT2D eigenvalue weighted by Crippen LogP contribution is 2.39. The Kier molecular flexibility index (Phi) is 3.99. The summed E-state index contributed by atoms with van der Waals surface area (Å²) in [6.07, 6.45) is 3.89. The second kappa shape index (κ2) is 5.82. The van der Waals surface area contributed by atoms with Crippen LogP contribution in [0, 0.1) is 0 Å². The number of rotatable bonds is 2. The molecule has 0 atom stereocenters. The van der Waals surface area contributed by atoms with Crippen molar-refractivity contribution in [2.75, 3.05) is 11.9 Å². The third-order valence-corrected chi connectivity index (χ3v) is 4.23. The summed E-state index contributed by atoms with van der Waals surface area (Å²) >= 11 is 0. The van der Waals surface area contributed by atoms with E-state index in [1.165, 1.54) is 0 Å². The van der Waals surface area contributed by atoms with Crippen LogP contribution in [0.3, 0.4) is 0 Å². The van der Waals surface area contributed by atoms with Gasteiger partial charge in [0.25, 0.3) is 11.8 Å². The highest BCUT2D eigenvalue weighted by Gasteiger charge is 2.36. The van der Waals surface area contributed by atoms with E-state index in [0.29, 0.717) is 28.7 Å². The number of nitrogens with one attached hydrogen (secondary N) is 1. The first-order valence-electron chi connectivity index (χ1n) is 7.35. The van der Waals surface area contributed by atoms with Crippen LogP contribution in [-0.2, 0) is 10.3 Å². The Morgan fingerprint density at radius 1 is 1.26 bits per heavy atom. The molecule has 2 aromatic rings. The number of halogens is 1. The zero-order valence-electron chi connectivity index (χ0n) is 12.4. The predicted molar refractivity (Wildman–Crippen MR) is 85.4 cm³/mol. The van der Waals surface area contributed by atoms with Crippen LogP contribution in [0.15, 0.2) is 22.7 Å². The lowest BCUT2D eigenvalue weighted by atomic mass is 9.98. The zero-order valence-corrected chi connectivity index (χ0v) is 13.2. The number of hydrogen-bond acceptors (Lipinski definition) is 6. The number of benzene rings is 1. The number of carbonyl (C=O) groups excluding carboxylic acids is 1. The van der Waals surface area contributed by atoms with E-state index in [0.717, 1.165) is 25.7 Å². The molecule has 1 fully saturated rings. The Balaban J connectivity index is 0.00000156. The van der Waals surface area contributed by atoms with Crippen molar-refractivity contribution in [1.29, 1.82) is 0 Å². The normalized spacial score (nSPS) is 18.6. The van der Waals surface area contributed by atoms with Gasteiger partial charge in [-0.15, -0.1) is 12.4 Å². The minimum Gasteiger partial charge on any atom is -0.481 e. The van der Waals surface area contributed by atoms with Crippen molar-refractivity contribution >= 4 is 24.0 Å². The molecule has 122 valence electrons. The molecule has 1 amide bonds. The summed E-state index contributed by atoms with van der Waals surface area (Å²) in [6.45, 7) is -0.0220. The Labute approximate surface area is 139 Å². The zero-order chi connectivity index (χ0) is 15.2. The van der Waals surface area contributed by atoms with Gasteiger partial charge in [-0.05, 0) is 25.0 Å². The second-order valence-electron chi connectivity index (χ2n) is 5.81. The fourth-order valence-electron chi connectivity index (χ4n) is 3.05. The molecule has 3 N–H and O–H groups in total. The summed E-state index contributed by atoms with van der Waals surface area (Å²) in [4.78, 5) is 15.9. The molecule has 0 saturated heterocycles. The van der Waals surface area contributed by atoms with Crippen LogP contribution >= 0.6 is 12.4 Å². The monoisotopic (exact) mass is 336 g/mol. The van der Waals surface area contributed by atoms with E-state index in [-0.39, 0.29) is 24.9 Å². The van der Waals surface area contributed by atoms with Gasteiger partial charge in [0.05, 0.1) is 16.8 Å². The lowest BCUT2D eigenvalue weighted by Crippen LogP contribution is -2.34. The average Bonchev–Trinajstić information content (AvgIpc) is 3.16. The number of amides is 1. The van der Waals surface area contributed by atoms with E-state index in [4.69, 9.17) is 15.0 Å². The molecular formula is C15H17ClN4O3. The van der Waals surface area contributed by atoms with Gasteiger partial charge in [0.15, 0.2) is 18.2 Å². The first-order valence-corrected chi connectivity index (χ1v) is 7.35. The van der Waals surface area contributed by atoms with Crippen LogP contribution in [-0.4, -0.2) is 22.7 Å². The average molecular weight is 337 g/mol. The van der Waals surface area contributed by atoms with Crippen molar-refractivity contribution in [2.24, 2.45) is 5.73 Å². The van der Waals surface area contributed by atoms with E-state index in [1.807, 2.05) is 6.07 Å². The fraction of sp³-hybridized carbons (Fsp3) is 0.400. The van der Waals surface area contributed by atoms with Crippen molar-refractivity contribution in [3.8, 4) is 17.2 Å². The van der Waals surface area contributed by atoms with Gasteiger partial charge in [-0.3, -0.25) is 4.79 Å². The number of anilines is 1. The van der Waals surface area contributed by atoms with Crippen LogP contribution in [0.5, 0.6) is 5.75 Å². The molecule has 1 aromatic carbocycles. The van der Waals surface area contributed by atoms with E-state index >= 15 is 0 Å². The van der Waals surface area contributed by atoms with Gasteiger partial charge < -0.3 is 20.3 Å². The molecule has 0 spiro atoms. The van der Waals surface area contributed by atoms with Gasteiger partial charge in [-0.1, -0.05) is 24.1 Å². The Morgan fingerprint density at radius 2 is 2.04 bits per heavy atom. The summed E-state index contributed by atoms with van der Waals surface area (Å²) < 4.78 is 10.9. The second-order valence-corrected chi connectivity index (χ2v) is 5.81. The summed E-state index contributed by atoms with van der Waals surface area (Å²) in [6, 6.07) is 5.40. The van der Waals surface area contributed by atoms with Crippen molar-refractivity contribution < 1.29 is 14.1 Å². The number of fused-ring (bicyclic) bond motifs is 1. The van der Waals surface area contributed by atoms with E-state index in [9.17, 15) is 4.79 Å². The molecule has 2 heterocycles. The molecule has 8 heteroatoms. The summed E-state index contributed by atoms with van der Waals surface area (Å²) in [5.41, 5.74) is 7.13. The fourth-order valence-corrected chi connectivity index (χ4v) is 3.05. The molecule has 2 aliphatic rings. The highest BCUT2D eigenvalue weighted by molar-refractivity contribution is 5.97. The van der Waals surface area contributed by atoms with Gasteiger partial charge in [-0.25, -0.2) is 0 Å². The number of hydrogen-bond donors (Lipinski definition) is 2. The van der Waals surface area contributed by atoms with Gasteiger partial charge in [0.2, 0.25) is 0 Å². The number of nitrogens with two attached hydrogens (primary N) is 1. The van der Waals surface area contributed by atoms with Gasteiger partial charge in [-0.2, -0.15) is 4.98 Å². The Bertz CT molecular complexity index is 740. The van der Waals surface area contributed by atoms with E-state index < -0.39 is 5.54 Å². The number of carbonyl (C=O) groups is 1. The SMILES string of the molecule is Cl.NC1(c2noc(-c3cccc4c3OCC(=O)N4)n2)CCCC1. The molecule has 1 aromatic heterocycles. The van der Waals surface area contributed by atoms with Crippen molar-refractivity contribution in [3.63, 3.8) is 0 Å². The minimum atomic E-state index is -0.494. The molecule has 23 heavy (non-hydrogen) atoms. The minimum absolute atomic E-state index is 0. The molecule has 1 aliphatic carbocycles. The maximum atomic E-state index is 11.4. The summed E-state index contributed by atoms with van der Waals surface area (Å²) in [7, 11) is 0.